The molecule has 2 aromatic carbocycles. The van der Waals surface area contributed by atoms with E-state index in [9.17, 15) is 15.0 Å². The smallest absolute Gasteiger partial charge is 0.344 e. The maximum absolute atomic E-state index is 11.3. The highest BCUT2D eigenvalue weighted by Gasteiger charge is 2.15. The molecule has 0 aliphatic heterocycles. The number of rotatable bonds is 10. The Morgan fingerprint density at radius 2 is 1.78 bits per heavy atom. The van der Waals surface area contributed by atoms with E-state index in [1.54, 1.807) is 31.2 Å². The van der Waals surface area contributed by atoms with Crippen molar-refractivity contribution in [3.8, 4) is 11.5 Å². The minimum atomic E-state index is -0.649. The van der Waals surface area contributed by atoms with E-state index < -0.39 is 6.10 Å². The Hall–Kier alpha value is -2.57. The second-order valence-corrected chi connectivity index (χ2v) is 6.27. The van der Waals surface area contributed by atoms with Crippen LogP contribution in [0.2, 0.25) is 0 Å². The lowest BCUT2D eigenvalue weighted by Crippen LogP contribution is -2.33. The maximum atomic E-state index is 11.3. The van der Waals surface area contributed by atoms with E-state index >= 15 is 0 Å². The third-order valence-corrected chi connectivity index (χ3v) is 4.17. The van der Waals surface area contributed by atoms with Crippen molar-refractivity contribution >= 4 is 5.97 Å². The lowest BCUT2D eigenvalue weighted by Gasteiger charge is -2.20. The van der Waals surface area contributed by atoms with Crippen LogP contribution in [-0.2, 0) is 16.0 Å². The highest BCUT2D eigenvalue weighted by molar-refractivity contribution is 5.71. The summed E-state index contributed by atoms with van der Waals surface area (Å²) in [5.41, 5.74) is 1.88. The van der Waals surface area contributed by atoms with Gasteiger partial charge < -0.3 is 25.0 Å². The molecule has 0 aliphatic rings. The molecule has 0 bridgehead atoms. The van der Waals surface area contributed by atoms with Crippen LogP contribution in [0.25, 0.3) is 0 Å². The molecule has 0 heterocycles. The highest BCUT2D eigenvalue weighted by atomic mass is 16.6. The van der Waals surface area contributed by atoms with Crippen molar-refractivity contribution in [2.24, 2.45) is 0 Å². The van der Waals surface area contributed by atoms with Crippen LogP contribution >= 0.6 is 0 Å². The van der Waals surface area contributed by atoms with Gasteiger partial charge in [0.15, 0.2) is 6.61 Å². The van der Waals surface area contributed by atoms with Gasteiger partial charge in [-0.2, -0.15) is 0 Å². The van der Waals surface area contributed by atoms with Gasteiger partial charge in [-0.3, -0.25) is 0 Å². The number of phenolic OH excluding ortho intramolecular Hbond substituents is 1. The Labute approximate surface area is 159 Å². The summed E-state index contributed by atoms with van der Waals surface area (Å²) in [6, 6.07) is 14.0. The number of benzene rings is 2. The van der Waals surface area contributed by atoms with Crippen LogP contribution in [0.15, 0.2) is 48.5 Å². The van der Waals surface area contributed by atoms with Gasteiger partial charge in [-0.1, -0.05) is 24.3 Å². The molecular weight excluding hydrogens is 346 g/mol. The summed E-state index contributed by atoms with van der Waals surface area (Å²) < 4.78 is 10.2. The highest BCUT2D eigenvalue weighted by Crippen LogP contribution is 2.19. The van der Waals surface area contributed by atoms with E-state index in [-0.39, 0.29) is 24.4 Å². The Bertz CT molecular complexity index is 700. The lowest BCUT2D eigenvalue weighted by atomic mass is 10.0. The summed E-state index contributed by atoms with van der Waals surface area (Å²) in [6.45, 7) is 4.63. The second kappa shape index (κ2) is 10.5. The van der Waals surface area contributed by atoms with E-state index in [2.05, 4.69) is 5.32 Å². The topological polar surface area (TPSA) is 88.0 Å². The number of carbonyl (C=O) groups excluding carboxylic acids is 1. The molecule has 2 rings (SSSR count). The second-order valence-electron chi connectivity index (χ2n) is 6.27. The minimum Gasteiger partial charge on any atom is -0.508 e. The van der Waals surface area contributed by atoms with Crippen molar-refractivity contribution in [1.29, 1.82) is 0 Å². The first kappa shape index (κ1) is 20.7. The van der Waals surface area contributed by atoms with Crippen molar-refractivity contribution in [3.63, 3.8) is 0 Å². The van der Waals surface area contributed by atoms with E-state index in [4.69, 9.17) is 9.47 Å². The van der Waals surface area contributed by atoms with Crippen molar-refractivity contribution in [1.82, 2.24) is 5.32 Å². The fraction of sp³-hybridized carbons (Fsp3) is 0.381. The average Bonchev–Trinajstić information content (AvgIpc) is 2.67. The third kappa shape index (κ3) is 6.92. The quantitative estimate of drug-likeness (QED) is 0.555. The number of ether oxygens (including phenoxy) is 2. The predicted molar refractivity (Wildman–Crippen MR) is 103 cm³/mol. The lowest BCUT2D eigenvalue weighted by molar-refractivity contribution is -0.145. The van der Waals surface area contributed by atoms with Gasteiger partial charge in [-0.05, 0) is 62.2 Å². The van der Waals surface area contributed by atoms with E-state index in [0.29, 0.717) is 18.9 Å². The average molecular weight is 373 g/mol. The van der Waals surface area contributed by atoms with Crippen molar-refractivity contribution in [2.45, 2.75) is 32.4 Å². The van der Waals surface area contributed by atoms with Gasteiger partial charge in [0, 0.05) is 6.04 Å². The van der Waals surface area contributed by atoms with Crippen LogP contribution in [0.5, 0.6) is 11.5 Å². The summed E-state index contributed by atoms with van der Waals surface area (Å²) in [4.78, 5) is 11.3. The number of aromatic hydroxyl groups is 1. The number of phenols is 1. The summed E-state index contributed by atoms with van der Waals surface area (Å²) in [7, 11) is 0. The van der Waals surface area contributed by atoms with Gasteiger partial charge in [-0.15, -0.1) is 0 Å². The number of nitrogens with one attached hydrogen (secondary N) is 1. The van der Waals surface area contributed by atoms with Gasteiger partial charge in [0.25, 0.3) is 0 Å². The van der Waals surface area contributed by atoms with E-state index in [1.165, 1.54) is 0 Å². The van der Waals surface area contributed by atoms with Crippen LogP contribution < -0.4 is 10.1 Å². The Kier molecular flexibility index (Phi) is 8.10. The number of aliphatic hydroxyl groups is 1. The zero-order chi connectivity index (χ0) is 19.6. The molecule has 0 unspecified atom stereocenters. The first-order chi connectivity index (χ1) is 13.0. The summed E-state index contributed by atoms with van der Waals surface area (Å²) in [5.74, 6) is 0.420. The molecule has 0 fully saturated rings. The Morgan fingerprint density at radius 1 is 1.11 bits per heavy atom. The Balaban J connectivity index is 1.74. The Morgan fingerprint density at radius 3 is 2.41 bits per heavy atom. The van der Waals surface area contributed by atoms with Gasteiger partial charge in [0.1, 0.15) is 11.5 Å². The maximum Gasteiger partial charge on any atom is 0.344 e. The van der Waals surface area contributed by atoms with Gasteiger partial charge in [0.05, 0.1) is 12.7 Å². The molecule has 2 atom stereocenters. The normalized spacial score (nSPS) is 13.0. The van der Waals surface area contributed by atoms with Gasteiger partial charge in [-0.25, -0.2) is 4.79 Å². The van der Waals surface area contributed by atoms with Crippen LogP contribution in [0, 0.1) is 0 Å². The van der Waals surface area contributed by atoms with Crippen LogP contribution in [-0.4, -0.2) is 42.0 Å². The van der Waals surface area contributed by atoms with E-state index in [0.717, 1.165) is 17.5 Å². The SMILES string of the molecule is CCOC(=O)COc1ccc(CCN[C@@H](C)[C@H](O)c2ccc(O)cc2)cc1. The molecule has 0 amide bonds. The number of hydrogen-bond donors (Lipinski definition) is 3. The fourth-order valence-corrected chi connectivity index (χ4v) is 2.61. The molecule has 0 aromatic heterocycles. The third-order valence-electron chi connectivity index (χ3n) is 4.17. The summed E-state index contributed by atoms with van der Waals surface area (Å²) in [6.07, 6.45) is 0.148. The number of hydrogen-bond acceptors (Lipinski definition) is 6. The molecule has 27 heavy (non-hydrogen) atoms. The molecule has 0 radical (unpaired) electrons. The van der Waals surface area contributed by atoms with Crippen molar-refractivity contribution in [3.05, 3.63) is 59.7 Å². The fourth-order valence-electron chi connectivity index (χ4n) is 2.61. The standard InChI is InChI=1S/C21H27NO5/c1-3-26-20(24)14-27-19-10-4-16(5-11-19)12-13-22-15(2)21(25)17-6-8-18(23)9-7-17/h4-11,15,21-23,25H,3,12-14H2,1-2H3/t15-,21-/m0/s1. The largest absolute Gasteiger partial charge is 0.508 e. The zero-order valence-electron chi connectivity index (χ0n) is 15.7. The summed E-state index contributed by atoms with van der Waals surface area (Å²) >= 11 is 0. The molecule has 0 aliphatic carbocycles. The van der Waals surface area contributed by atoms with Gasteiger partial charge >= 0.3 is 5.97 Å². The molecule has 0 spiro atoms. The number of aliphatic hydroxyl groups excluding tert-OH is 1. The molecule has 0 saturated heterocycles. The summed E-state index contributed by atoms with van der Waals surface area (Å²) in [5, 5.41) is 23.0. The first-order valence-electron chi connectivity index (χ1n) is 9.07. The van der Waals surface area contributed by atoms with Gasteiger partial charge in [0.2, 0.25) is 0 Å². The molecule has 6 heteroatoms. The monoisotopic (exact) mass is 373 g/mol. The van der Waals surface area contributed by atoms with Crippen LogP contribution in [0.4, 0.5) is 0 Å². The predicted octanol–water partition coefficient (Wildman–Crippen LogP) is 2.59. The molecule has 2 aromatic rings. The molecular formula is C21H27NO5. The van der Waals surface area contributed by atoms with Crippen LogP contribution in [0.3, 0.4) is 0 Å². The zero-order valence-corrected chi connectivity index (χ0v) is 15.7. The minimum absolute atomic E-state index is 0.0958. The number of carbonyl (C=O) groups is 1. The molecule has 0 saturated carbocycles. The van der Waals surface area contributed by atoms with Crippen LogP contribution in [0.1, 0.15) is 31.1 Å². The van der Waals surface area contributed by atoms with Crippen molar-refractivity contribution < 1.29 is 24.5 Å². The molecule has 3 N–H and O–H groups in total. The number of esters is 1. The first-order valence-corrected chi connectivity index (χ1v) is 9.07. The molecule has 146 valence electrons. The van der Waals surface area contributed by atoms with E-state index in [1.807, 2.05) is 31.2 Å². The molecule has 6 nitrogen and oxygen atoms in total. The van der Waals surface area contributed by atoms with Crippen molar-refractivity contribution in [2.75, 3.05) is 19.8 Å².